The number of carbonyl (C=O) groups excluding carboxylic acids is 1. The van der Waals surface area contributed by atoms with Gasteiger partial charge in [0.2, 0.25) is 0 Å². The zero-order chi connectivity index (χ0) is 13.0. The lowest BCUT2D eigenvalue weighted by Gasteiger charge is -2.07. The topological polar surface area (TPSA) is 17.1 Å². The molecular weight excluding hydrogens is 264 g/mol. The SMILES string of the molecule is Cc1cc(C=O)ccc1SCc1ccccc1Cl. The monoisotopic (exact) mass is 276 g/mol. The molecule has 0 bridgehead atoms. The lowest BCUT2D eigenvalue weighted by molar-refractivity contribution is 0.112. The molecular formula is C15H13ClOS. The summed E-state index contributed by atoms with van der Waals surface area (Å²) in [6, 6.07) is 13.6. The molecule has 2 rings (SSSR count). The minimum Gasteiger partial charge on any atom is -0.298 e. The molecule has 0 aliphatic heterocycles. The predicted octanol–water partition coefficient (Wildman–Crippen LogP) is 4.75. The first-order valence-corrected chi connectivity index (χ1v) is 6.99. The third-order valence-electron chi connectivity index (χ3n) is 2.68. The van der Waals surface area contributed by atoms with Crippen LogP contribution in [0.25, 0.3) is 0 Å². The number of hydrogen-bond acceptors (Lipinski definition) is 2. The summed E-state index contributed by atoms with van der Waals surface area (Å²) in [5.74, 6) is 0.834. The molecule has 0 radical (unpaired) electrons. The van der Waals surface area contributed by atoms with E-state index in [1.54, 1.807) is 11.8 Å². The van der Waals surface area contributed by atoms with Crippen LogP contribution in [0.15, 0.2) is 47.4 Å². The molecule has 0 N–H and O–H groups in total. The highest BCUT2D eigenvalue weighted by molar-refractivity contribution is 7.98. The highest BCUT2D eigenvalue weighted by Gasteiger charge is 2.03. The first-order valence-electron chi connectivity index (χ1n) is 5.63. The van der Waals surface area contributed by atoms with Gasteiger partial charge in [-0.2, -0.15) is 0 Å². The van der Waals surface area contributed by atoms with Crippen LogP contribution < -0.4 is 0 Å². The maximum Gasteiger partial charge on any atom is 0.150 e. The molecule has 0 unspecified atom stereocenters. The Balaban J connectivity index is 2.11. The minimum atomic E-state index is 0.717. The van der Waals surface area contributed by atoms with Gasteiger partial charge in [0.05, 0.1) is 0 Å². The van der Waals surface area contributed by atoms with Crippen molar-refractivity contribution in [2.75, 3.05) is 0 Å². The molecule has 0 saturated carbocycles. The number of aldehydes is 1. The number of rotatable bonds is 4. The zero-order valence-electron chi connectivity index (χ0n) is 10.0. The Bertz CT molecular complexity index is 566. The first kappa shape index (κ1) is 13.2. The second kappa shape index (κ2) is 6.07. The molecule has 0 fully saturated rings. The second-order valence-corrected chi connectivity index (χ2v) is 5.45. The third kappa shape index (κ3) is 3.15. The fourth-order valence-electron chi connectivity index (χ4n) is 1.68. The van der Waals surface area contributed by atoms with E-state index in [0.717, 1.165) is 33.8 Å². The van der Waals surface area contributed by atoms with Crippen molar-refractivity contribution in [3.8, 4) is 0 Å². The zero-order valence-corrected chi connectivity index (χ0v) is 11.6. The van der Waals surface area contributed by atoms with Crippen molar-refractivity contribution < 1.29 is 4.79 Å². The molecule has 0 aliphatic carbocycles. The minimum absolute atomic E-state index is 0.717. The fourth-order valence-corrected chi connectivity index (χ4v) is 2.97. The van der Waals surface area contributed by atoms with Crippen molar-refractivity contribution in [1.29, 1.82) is 0 Å². The average Bonchev–Trinajstić information content (AvgIpc) is 2.39. The summed E-state index contributed by atoms with van der Waals surface area (Å²) in [7, 11) is 0. The Morgan fingerprint density at radius 2 is 2.00 bits per heavy atom. The Hall–Kier alpha value is -1.25. The van der Waals surface area contributed by atoms with Crippen molar-refractivity contribution in [3.05, 3.63) is 64.2 Å². The second-order valence-electron chi connectivity index (χ2n) is 4.02. The standard InChI is InChI=1S/C15H13ClOS/c1-11-8-12(9-17)6-7-15(11)18-10-13-4-2-3-5-14(13)16/h2-9H,10H2,1H3. The van der Waals surface area contributed by atoms with Crippen LogP contribution in [0.3, 0.4) is 0 Å². The lowest BCUT2D eigenvalue weighted by Crippen LogP contribution is -1.87. The molecule has 0 amide bonds. The summed E-state index contributed by atoms with van der Waals surface area (Å²) in [5.41, 5.74) is 2.97. The molecule has 0 heterocycles. The van der Waals surface area contributed by atoms with E-state index in [1.807, 2.05) is 49.4 Å². The number of thioether (sulfide) groups is 1. The smallest absolute Gasteiger partial charge is 0.150 e. The fraction of sp³-hybridized carbons (Fsp3) is 0.133. The number of hydrogen-bond donors (Lipinski definition) is 0. The molecule has 0 saturated heterocycles. The van der Waals surface area contributed by atoms with Crippen molar-refractivity contribution in [2.24, 2.45) is 0 Å². The quantitative estimate of drug-likeness (QED) is 0.592. The third-order valence-corrected chi connectivity index (χ3v) is 4.27. The number of benzene rings is 2. The van der Waals surface area contributed by atoms with Gasteiger partial charge in [-0.3, -0.25) is 4.79 Å². The van der Waals surface area contributed by atoms with Crippen LogP contribution in [0.2, 0.25) is 5.02 Å². The van der Waals surface area contributed by atoms with Crippen LogP contribution in [-0.2, 0) is 5.75 Å². The van der Waals surface area contributed by atoms with Crippen LogP contribution in [0.1, 0.15) is 21.5 Å². The molecule has 0 aromatic heterocycles. The molecule has 0 spiro atoms. The summed E-state index contributed by atoms with van der Waals surface area (Å²) in [6.07, 6.45) is 0.871. The van der Waals surface area contributed by atoms with Gasteiger partial charge in [-0.15, -0.1) is 11.8 Å². The van der Waals surface area contributed by atoms with Crippen LogP contribution in [0.4, 0.5) is 0 Å². The van der Waals surface area contributed by atoms with E-state index in [0.29, 0.717) is 0 Å². The number of aryl methyl sites for hydroxylation is 1. The van der Waals surface area contributed by atoms with Crippen LogP contribution in [0, 0.1) is 6.92 Å². The van der Waals surface area contributed by atoms with Crippen LogP contribution >= 0.6 is 23.4 Å². The van der Waals surface area contributed by atoms with Crippen molar-refractivity contribution in [1.82, 2.24) is 0 Å². The van der Waals surface area contributed by atoms with E-state index < -0.39 is 0 Å². The van der Waals surface area contributed by atoms with Gasteiger partial charge < -0.3 is 0 Å². The highest BCUT2D eigenvalue weighted by Crippen LogP contribution is 2.29. The molecule has 18 heavy (non-hydrogen) atoms. The van der Waals surface area contributed by atoms with Gasteiger partial charge in [-0.25, -0.2) is 0 Å². The molecule has 3 heteroatoms. The van der Waals surface area contributed by atoms with E-state index in [1.165, 1.54) is 4.90 Å². The van der Waals surface area contributed by atoms with Gasteiger partial charge in [0.25, 0.3) is 0 Å². The summed E-state index contributed by atoms with van der Waals surface area (Å²) in [5, 5.41) is 0.798. The number of halogens is 1. The van der Waals surface area contributed by atoms with Gasteiger partial charge >= 0.3 is 0 Å². The van der Waals surface area contributed by atoms with Crippen molar-refractivity contribution >= 4 is 29.6 Å². The van der Waals surface area contributed by atoms with Gasteiger partial charge in [0, 0.05) is 21.2 Å². The molecule has 2 aromatic rings. The van der Waals surface area contributed by atoms with E-state index >= 15 is 0 Å². The van der Waals surface area contributed by atoms with E-state index in [-0.39, 0.29) is 0 Å². The van der Waals surface area contributed by atoms with Gasteiger partial charge in [-0.1, -0.05) is 35.9 Å². The van der Waals surface area contributed by atoms with Crippen molar-refractivity contribution in [3.63, 3.8) is 0 Å². The highest BCUT2D eigenvalue weighted by atomic mass is 35.5. The van der Waals surface area contributed by atoms with Gasteiger partial charge in [0.1, 0.15) is 6.29 Å². The summed E-state index contributed by atoms with van der Waals surface area (Å²) in [4.78, 5) is 11.9. The van der Waals surface area contributed by atoms with Crippen LogP contribution in [0.5, 0.6) is 0 Å². The Kier molecular flexibility index (Phi) is 4.45. The predicted molar refractivity (Wildman–Crippen MR) is 77.6 cm³/mol. The summed E-state index contributed by atoms with van der Waals surface area (Å²) < 4.78 is 0. The molecule has 1 nitrogen and oxygen atoms in total. The molecule has 0 aliphatic rings. The maximum atomic E-state index is 10.7. The molecule has 0 atom stereocenters. The van der Waals surface area contributed by atoms with Crippen molar-refractivity contribution in [2.45, 2.75) is 17.6 Å². The lowest BCUT2D eigenvalue weighted by atomic mass is 10.2. The Morgan fingerprint density at radius 1 is 1.22 bits per heavy atom. The Labute approximate surface area is 116 Å². The normalized spacial score (nSPS) is 10.3. The molecule has 2 aromatic carbocycles. The summed E-state index contributed by atoms with van der Waals surface area (Å²) >= 11 is 7.85. The number of carbonyl (C=O) groups is 1. The largest absolute Gasteiger partial charge is 0.298 e. The van der Waals surface area contributed by atoms with E-state index in [2.05, 4.69) is 0 Å². The van der Waals surface area contributed by atoms with Crippen LogP contribution in [-0.4, -0.2) is 6.29 Å². The van der Waals surface area contributed by atoms with Gasteiger partial charge in [-0.05, 0) is 36.2 Å². The summed E-state index contributed by atoms with van der Waals surface area (Å²) in [6.45, 7) is 2.02. The Morgan fingerprint density at radius 3 is 2.67 bits per heavy atom. The first-order chi connectivity index (χ1) is 8.70. The van der Waals surface area contributed by atoms with Gasteiger partial charge in [0.15, 0.2) is 0 Å². The maximum absolute atomic E-state index is 10.7. The molecule has 92 valence electrons. The van der Waals surface area contributed by atoms with E-state index in [9.17, 15) is 4.79 Å². The average molecular weight is 277 g/mol. The van der Waals surface area contributed by atoms with E-state index in [4.69, 9.17) is 11.6 Å².